The van der Waals surface area contributed by atoms with E-state index in [1.54, 1.807) is 13.8 Å². The molecule has 0 radical (unpaired) electrons. The molecule has 12 nitrogen and oxygen atoms in total. The number of aliphatic carboxylic acids is 2. The highest BCUT2D eigenvalue weighted by Gasteiger charge is 2.27. The SMILES string of the molecule is CC(C)(C)SCC(NC(=O)CCC(N)C(=O)OCC(C)(C)SCC(N)C(=O)O)C(=O)NCC(=O)O. The molecule has 0 bridgehead atoms. The third-order valence-corrected chi connectivity index (χ3v) is 7.06. The van der Waals surface area contributed by atoms with Crippen molar-refractivity contribution in [3.8, 4) is 0 Å². The van der Waals surface area contributed by atoms with Gasteiger partial charge in [0.15, 0.2) is 0 Å². The van der Waals surface area contributed by atoms with Crippen LogP contribution < -0.4 is 22.1 Å². The molecular formula is C21H38N4O8S2. The van der Waals surface area contributed by atoms with Crippen molar-refractivity contribution in [1.82, 2.24) is 10.6 Å². The molecule has 0 aliphatic rings. The smallest absolute Gasteiger partial charge is 0.322 e. The van der Waals surface area contributed by atoms with Crippen LogP contribution in [0.15, 0.2) is 0 Å². The molecule has 35 heavy (non-hydrogen) atoms. The van der Waals surface area contributed by atoms with Gasteiger partial charge in [-0.1, -0.05) is 20.8 Å². The third kappa shape index (κ3) is 16.3. The molecular weight excluding hydrogens is 500 g/mol. The maximum Gasteiger partial charge on any atom is 0.322 e. The highest BCUT2D eigenvalue weighted by Crippen LogP contribution is 2.25. The summed E-state index contributed by atoms with van der Waals surface area (Å²) in [4.78, 5) is 58.4. The molecule has 202 valence electrons. The average molecular weight is 539 g/mol. The molecule has 14 heteroatoms. The van der Waals surface area contributed by atoms with Crippen LogP contribution in [0.2, 0.25) is 0 Å². The van der Waals surface area contributed by atoms with Crippen LogP contribution in [0.4, 0.5) is 0 Å². The van der Waals surface area contributed by atoms with E-state index >= 15 is 0 Å². The molecule has 3 atom stereocenters. The largest absolute Gasteiger partial charge is 0.480 e. The molecule has 0 rings (SSSR count). The zero-order chi connectivity index (χ0) is 27.4. The summed E-state index contributed by atoms with van der Waals surface area (Å²) in [6.45, 7) is 8.76. The molecule has 0 aliphatic heterocycles. The predicted octanol–water partition coefficient (Wildman–Crippen LogP) is -0.222. The van der Waals surface area contributed by atoms with Crippen LogP contribution in [0.1, 0.15) is 47.5 Å². The van der Waals surface area contributed by atoms with Gasteiger partial charge < -0.3 is 37.1 Å². The fourth-order valence-electron chi connectivity index (χ4n) is 2.25. The number of carbonyl (C=O) groups excluding carboxylic acids is 3. The first-order valence-corrected chi connectivity index (χ1v) is 12.9. The van der Waals surface area contributed by atoms with Crippen LogP contribution in [0.5, 0.6) is 0 Å². The highest BCUT2D eigenvalue weighted by atomic mass is 32.2. The zero-order valence-electron chi connectivity index (χ0n) is 20.8. The normalized spacial score (nSPS) is 14.4. The van der Waals surface area contributed by atoms with Crippen molar-refractivity contribution in [3.05, 3.63) is 0 Å². The number of amides is 2. The number of hydrogen-bond acceptors (Lipinski definition) is 10. The minimum absolute atomic E-state index is 0.0292. The van der Waals surface area contributed by atoms with E-state index in [4.69, 9.17) is 26.4 Å². The Kier molecular flexibility index (Phi) is 14.3. The topological polar surface area (TPSA) is 211 Å². The fourth-order valence-corrected chi connectivity index (χ4v) is 4.07. The second-order valence-corrected chi connectivity index (χ2v) is 13.0. The van der Waals surface area contributed by atoms with E-state index in [-0.39, 0.29) is 35.7 Å². The number of carboxylic acid groups (broad SMARTS) is 2. The summed E-state index contributed by atoms with van der Waals surface area (Å²) in [5.41, 5.74) is 11.3. The quantitative estimate of drug-likeness (QED) is 0.141. The Balaban J connectivity index is 4.70. The van der Waals surface area contributed by atoms with Crippen molar-refractivity contribution in [2.24, 2.45) is 11.5 Å². The van der Waals surface area contributed by atoms with Crippen molar-refractivity contribution in [3.63, 3.8) is 0 Å². The molecule has 2 amide bonds. The van der Waals surface area contributed by atoms with E-state index in [9.17, 15) is 24.0 Å². The Morgan fingerprint density at radius 2 is 1.54 bits per heavy atom. The number of nitrogens with two attached hydrogens (primary N) is 2. The summed E-state index contributed by atoms with van der Waals surface area (Å²) >= 11 is 2.67. The zero-order valence-corrected chi connectivity index (χ0v) is 22.4. The van der Waals surface area contributed by atoms with Crippen LogP contribution >= 0.6 is 23.5 Å². The minimum atomic E-state index is -1.21. The Morgan fingerprint density at radius 1 is 0.943 bits per heavy atom. The summed E-state index contributed by atoms with van der Waals surface area (Å²) in [6.07, 6.45) is -0.178. The second kappa shape index (κ2) is 15.2. The predicted molar refractivity (Wildman–Crippen MR) is 135 cm³/mol. The number of thioether (sulfide) groups is 2. The Labute approximate surface area is 214 Å². The second-order valence-electron chi connectivity index (χ2n) is 9.42. The van der Waals surface area contributed by atoms with Gasteiger partial charge in [-0.2, -0.15) is 11.8 Å². The first kappa shape index (κ1) is 33.0. The molecule has 0 spiro atoms. The molecule has 3 unspecified atom stereocenters. The number of esters is 1. The first-order chi connectivity index (χ1) is 15.9. The van der Waals surface area contributed by atoms with Gasteiger partial charge in [-0.15, -0.1) is 11.8 Å². The summed E-state index contributed by atoms with van der Waals surface area (Å²) < 4.78 is 4.43. The molecule has 0 saturated heterocycles. The molecule has 0 saturated carbocycles. The van der Waals surface area contributed by atoms with Gasteiger partial charge >= 0.3 is 17.9 Å². The van der Waals surface area contributed by atoms with Crippen molar-refractivity contribution < 1.29 is 38.9 Å². The van der Waals surface area contributed by atoms with Crippen LogP contribution in [-0.2, 0) is 28.7 Å². The average Bonchev–Trinajstić information content (AvgIpc) is 2.74. The number of ether oxygens (including phenoxy) is 1. The lowest BCUT2D eigenvalue weighted by atomic mass is 10.1. The molecule has 8 N–H and O–H groups in total. The lowest BCUT2D eigenvalue weighted by Crippen LogP contribution is -2.50. The molecule has 0 aromatic heterocycles. The molecule has 0 aromatic carbocycles. The van der Waals surface area contributed by atoms with Gasteiger partial charge in [0.1, 0.15) is 31.3 Å². The summed E-state index contributed by atoms with van der Waals surface area (Å²) in [5.74, 6) is -3.81. The van der Waals surface area contributed by atoms with Crippen molar-refractivity contribution in [2.45, 2.75) is 75.1 Å². The maximum absolute atomic E-state index is 12.4. The first-order valence-electron chi connectivity index (χ1n) is 10.9. The Morgan fingerprint density at radius 3 is 2.06 bits per heavy atom. The summed E-state index contributed by atoms with van der Waals surface area (Å²) in [5, 5.41) is 22.4. The monoisotopic (exact) mass is 538 g/mol. The van der Waals surface area contributed by atoms with E-state index in [2.05, 4.69) is 10.6 Å². The number of carboxylic acids is 2. The van der Waals surface area contributed by atoms with E-state index in [1.807, 2.05) is 20.8 Å². The molecule has 0 heterocycles. The van der Waals surface area contributed by atoms with Gasteiger partial charge in [0.25, 0.3) is 0 Å². The van der Waals surface area contributed by atoms with Gasteiger partial charge in [-0.25, -0.2) is 0 Å². The van der Waals surface area contributed by atoms with Gasteiger partial charge in [-0.3, -0.25) is 24.0 Å². The van der Waals surface area contributed by atoms with Gasteiger partial charge in [0, 0.05) is 27.4 Å². The summed E-state index contributed by atoms with van der Waals surface area (Å²) in [6, 6.07) is -3.07. The van der Waals surface area contributed by atoms with Gasteiger partial charge in [0.2, 0.25) is 11.8 Å². The fraction of sp³-hybridized carbons (Fsp3) is 0.762. The van der Waals surface area contributed by atoms with E-state index in [0.717, 1.165) is 0 Å². The third-order valence-electron chi connectivity index (χ3n) is 4.27. The molecule has 0 fully saturated rings. The number of carbonyl (C=O) groups is 5. The van der Waals surface area contributed by atoms with Crippen LogP contribution in [0.25, 0.3) is 0 Å². The lowest BCUT2D eigenvalue weighted by Gasteiger charge is -2.25. The number of nitrogens with one attached hydrogen (secondary N) is 2. The minimum Gasteiger partial charge on any atom is -0.480 e. The van der Waals surface area contributed by atoms with Gasteiger partial charge in [-0.05, 0) is 20.3 Å². The maximum atomic E-state index is 12.4. The molecule has 0 aromatic rings. The Hall–Kier alpha value is -2.03. The number of rotatable bonds is 16. The van der Waals surface area contributed by atoms with E-state index < -0.39 is 59.1 Å². The van der Waals surface area contributed by atoms with E-state index in [0.29, 0.717) is 0 Å². The lowest BCUT2D eigenvalue weighted by molar-refractivity contribution is -0.146. The standard InChI is InChI=1S/C21H38N4O8S2/c1-20(2,3)34-10-14(17(29)24-8-16(27)28)25-15(26)7-6-12(22)19(32)33-11-21(4,5)35-9-13(23)18(30)31/h12-14H,6-11,22-23H2,1-5H3,(H,24,29)(H,25,26)(H,27,28)(H,30,31). The van der Waals surface area contributed by atoms with Crippen molar-refractivity contribution in [1.29, 1.82) is 0 Å². The van der Waals surface area contributed by atoms with Crippen LogP contribution in [-0.4, -0.2) is 92.2 Å². The van der Waals surface area contributed by atoms with E-state index in [1.165, 1.54) is 23.5 Å². The van der Waals surface area contributed by atoms with Gasteiger partial charge in [0.05, 0.1) is 0 Å². The van der Waals surface area contributed by atoms with Crippen molar-refractivity contribution in [2.75, 3.05) is 24.7 Å². The van der Waals surface area contributed by atoms with Crippen LogP contribution in [0.3, 0.4) is 0 Å². The van der Waals surface area contributed by atoms with Crippen molar-refractivity contribution >= 4 is 53.2 Å². The number of hydrogen-bond donors (Lipinski definition) is 6. The highest BCUT2D eigenvalue weighted by molar-refractivity contribution is 8.00. The molecule has 0 aliphatic carbocycles. The summed E-state index contributed by atoms with van der Waals surface area (Å²) in [7, 11) is 0. The van der Waals surface area contributed by atoms with Crippen LogP contribution in [0, 0.1) is 0 Å². The Bertz CT molecular complexity index is 758.